The molecular weight excluding hydrogens is 362 g/mol. The van der Waals surface area contributed by atoms with Gasteiger partial charge in [-0.1, -0.05) is 60.7 Å². The van der Waals surface area contributed by atoms with Crippen molar-refractivity contribution in [3.8, 4) is 17.0 Å². The van der Waals surface area contributed by atoms with Crippen molar-refractivity contribution in [2.45, 2.75) is 6.04 Å². The third-order valence-electron chi connectivity index (χ3n) is 5.28. The Bertz CT molecular complexity index is 1150. The molecule has 1 atom stereocenters. The fraction of sp³-hybridized carbons (Fsp3) is 0.0833. The first kappa shape index (κ1) is 17.3. The highest BCUT2D eigenvalue weighted by Gasteiger charge is 2.42. The molecule has 0 saturated heterocycles. The Balaban J connectivity index is 1.70. The number of H-pyrrole nitrogens is 1. The Hall–Kier alpha value is -3.86. The molecule has 142 valence electrons. The van der Waals surface area contributed by atoms with Gasteiger partial charge in [-0.3, -0.25) is 14.8 Å². The molecule has 1 aromatic heterocycles. The predicted molar refractivity (Wildman–Crippen MR) is 112 cm³/mol. The quantitative estimate of drug-likeness (QED) is 0.551. The summed E-state index contributed by atoms with van der Waals surface area (Å²) in [5.74, 6) is 0.663. The van der Waals surface area contributed by atoms with Crippen molar-refractivity contribution in [1.82, 2.24) is 10.2 Å². The first-order valence-corrected chi connectivity index (χ1v) is 9.44. The number of amides is 1. The lowest BCUT2D eigenvalue weighted by atomic mass is 9.96. The van der Waals surface area contributed by atoms with Gasteiger partial charge in [0.2, 0.25) is 0 Å². The fourth-order valence-corrected chi connectivity index (χ4v) is 3.92. The summed E-state index contributed by atoms with van der Waals surface area (Å²) in [6.07, 6.45) is 0. The van der Waals surface area contributed by atoms with Crippen molar-refractivity contribution < 1.29 is 9.53 Å². The van der Waals surface area contributed by atoms with E-state index in [4.69, 9.17) is 4.74 Å². The van der Waals surface area contributed by atoms with Crippen molar-refractivity contribution in [2.24, 2.45) is 0 Å². The maximum absolute atomic E-state index is 13.4. The summed E-state index contributed by atoms with van der Waals surface area (Å²) in [4.78, 5) is 15.2. The van der Waals surface area contributed by atoms with Crippen LogP contribution in [-0.4, -0.2) is 23.2 Å². The van der Waals surface area contributed by atoms with Gasteiger partial charge in [0.25, 0.3) is 5.91 Å². The molecule has 5 rings (SSSR count). The van der Waals surface area contributed by atoms with E-state index in [0.29, 0.717) is 5.69 Å². The van der Waals surface area contributed by atoms with Crippen LogP contribution < -0.4 is 9.64 Å². The molecule has 0 unspecified atom stereocenters. The molecule has 0 spiro atoms. The van der Waals surface area contributed by atoms with E-state index in [1.165, 1.54) is 0 Å². The minimum absolute atomic E-state index is 0.0892. The number of benzene rings is 3. The second-order valence-corrected chi connectivity index (χ2v) is 6.91. The lowest BCUT2D eigenvalue weighted by molar-refractivity contribution is 0.0988. The van der Waals surface area contributed by atoms with E-state index >= 15 is 0 Å². The summed E-state index contributed by atoms with van der Waals surface area (Å²) in [6.45, 7) is 0. The number of methoxy groups -OCH3 is 1. The third kappa shape index (κ3) is 2.79. The number of nitrogens with one attached hydrogen (secondary N) is 1. The predicted octanol–water partition coefficient (Wildman–Crippen LogP) is 4.84. The van der Waals surface area contributed by atoms with E-state index in [-0.39, 0.29) is 11.9 Å². The zero-order valence-corrected chi connectivity index (χ0v) is 15.9. The van der Waals surface area contributed by atoms with Crippen molar-refractivity contribution in [2.75, 3.05) is 12.0 Å². The maximum atomic E-state index is 13.4. The fourth-order valence-electron chi connectivity index (χ4n) is 3.92. The Labute approximate surface area is 168 Å². The first-order valence-electron chi connectivity index (χ1n) is 9.44. The highest BCUT2D eigenvalue weighted by molar-refractivity contribution is 6.11. The second kappa shape index (κ2) is 6.95. The average molecular weight is 381 g/mol. The van der Waals surface area contributed by atoms with Crippen molar-refractivity contribution >= 4 is 11.6 Å². The molecule has 2 heterocycles. The molecule has 0 radical (unpaired) electrons. The molecule has 0 saturated carbocycles. The number of carbonyl (C=O) groups is 1. The van der Waals surface area contributed by atoms with E-state index < -0.39 is 0 Å². The number of aromatic amines is 1. The van der Waals surface area contributed by atoms with Gasteiger partial charge in [0.15, 0.2) is 0 Å². The molecule has 1 amide bonds. The lowest BCUT2D eigenvalue weighted by Crippen LogP contribution is -2.29. The van der Waals surface area contributed by atoms with Crippen LogP contribution in [0.2, 0.25) is 0 Å². The molecule has 3 aromatic carbocycles. The summed E-state index contributed by atoms with van der Waals surface area (Å²) >= 11 is 0. The lowest BCUT2D eigenvalue weighted by Gasteiger charge is -2.26. The van der Waals surface area contributed by atoms with Crippen LogP contribution in [0.15, 0.2) is 84.9 Å². The zero-order valence-electron chi connectivity index (χ0n) is 15.9. The molecule has 1 N–H and O–H groups in total. The maximum Gasteiger partial charge on any atom is 0.277 e. The highest BCUT2D eigenvalue weighted by atomic mass is 16.5. The first-order chi connectivity index (χ1) is 14.3. The molecule has 5 nitrogen and oxygen atoms in total. The third-order valence-corrected chi connectivity index (χ3v) is 5.28. The molecule has 29 heavy (non-hydrogen) atoms. The highest BCUT2D eigenvalue weighted by Crippen LogP contribution is 2.45. The van der Waals surface area contributed by atoms with Crippen LogP contribution in [0.1, 0.15) is 27.7 Å². The summed E-state index contributed by atoms with van der Waals surface area (Å²) in [7, 11) is 1.63. The molecule has 5 heteroatoms. The zero-order chi connectivity index (χ0) is 19.8. The minimum atomic E-state index is -0.263. The van der Waals surface area contributed by atoms with Crippen LogP contribution in [-0.2, 0) is 0 Å². The number of hydrogen-bond acceptors (Lipinski definition) is 3. The number of aromatic nitrogens is 2. The van der Waals surface area contributed by atoms with Gasteiger partial charge in [0.1, 0.15) is 11.4 Å². The number of fused-ring (bicyclic) bond motifs is 1. The van der Waals surface area contributed by atoms with Gasteiger partial charge in [-0.25, -0.2) is 0 Å². The molecule has 1 aliphatic rings. The molecule has 0 bridgehead atoms. The van der Waals surface area contributed by atoms with Crippen LogP contribution in [0.4, 0.5) is 5.69 Å². The van der Waals surface area contributed by atoms with Gasteiger partial charge in [-0.2, -0.15) is 5.10 Å². The van der Waals surface area contributed by atoms with E-state index in [2.05, 4.69) is 10.2 Å². The Morgan fingerprint density at radius 2 is 1.55 bits per heavy atom. The number of nitrogens with zero attached hydrogens (tertiary/aromatic N) is 2. The van der Waals surface area contributed by atoms with Crippen molar-refractivity contribution in [3.63, 3.8) is 0 Å². The van der Waals surface area contributed by atoms with Gasteiger partial charge < -0.3 is 4.74 Å². The van der Waals surface area contributed by atoms with E-state index in [9.17, 15) is 4.79 Å². The van der Waals surface area contributed by atoms with E-state index in [0.717, 1.165) is 33.8 Å². The number of ether oxygens (including phenoxy) is 1. The smallest absolute Gasteiger partial charge is 0.277 e. The van der Waals surface area contributed by atoms with Crippen LogP contribution in [0.3, 0.4) is 0 Å². The Morgan fingerprint density at radius 3 is 2.21 bits per heavy atom. The monoisotopic (exact) mass is 381 g/mol. The van der Waals surface area contributed by atoms with Crippen LogP contribution in [0.25, 0.3) is 11.3 Å². The standard InChI is InChI=1S/C24H19N3O2/c1-29-19-14-12-18(13-15-19)27-23(17-10-6-3-7-11-17)20-21(16-8-4-2-5-9-16)25-26-22(20)24(27)28/h2-15,23H,1H3,(H,25,26)/t23-/m1/s1. The Kier molecular flexibility index (Phi) is 4.13. The number of hydrogen-bond donors (Lipinski definition) is 1. The number of anilines is 1. The average Bonchev–Trinajstić information content (AvgIpc) is 3.34. The van der Waals surface area contributed by atoms with Gasteiger partial charge >= 0.3 is 0 Å². The summed E-state index contributed by atoms with van der Waals surface area (Å²) in [5, 5.41) is 7.49. The number of rotatable bonds is 4. The second-order valence-electron chi connectivity index (χ2n) is 6.91. The minimum Gasteiger partial charge on any atom is -0.497 e. The topological polar surface area (TPSA) is 58.2 Å². The van der Waals surface area contributed by atoms with Crippen LogP contribution in [0.5, 0.6) is 5.75 Å². The SMILES string of the molecule is COc1ccc(N2C(=O)c3[nH]nc(-c4ccccc4)c3[C@H]2c2ccccc2)cc1. The van der Waals surface area contributed by atoms with Crippen molar-refractivity contribution in [3.05, 3.63) is 102 Å². The molecule has 0 aliphatic carbocycles. The molecule has 1 aliphatic heterocycles. The van der Waals surface area contributed by atoms with Gasteiger partial charge in [0, 0.05) is 16.8 Å². The van der Waals surface area contributed by atoms with E-state index in [1.54, 1.807) is 7.11 Å². The largest absolute Gasteiger partial charge is 0.497 e. The summed E-state index contributed by atoms with van der Waals surface area (Å²) in [6, 6.07) is 27.3. The molecular formula is C24H19N3O2. The van der Waals surface area contributed by atoms with Gasteiger partial charge in [0.05, 0.1) is 18.8 Å². The molecule has 4 aromatic rings. The van der Waals surface area contributed by atoms with Crippen LogP contribution >= 0.6 is 0 Å². The normalized spacial score (nSPS) is 15.4. The van der Waals surface area contributed by atoms with Crippen LogP contribution in [0, 0.1) is 0 Å². The number of carbonyl (C=O) groups excluding carboxylic acids is 1. The van der Waals surface area contributed by atoms with Gasteiger partial charge in [-0.05, 0) is 29.8 Å². The Morgan fingerprint density at radius 1 is 0.897 bits per heavy atom. The summed E-state index contributed by atoms with van der Waals surface area (Å²) < 4.78 is 5.27. The molecule has 0 fully saturated rings. The van der Waals surface area contributed by atoms with Gasteiger partial charge in [-0.15, -0.1) is 0 Å². The van der Waals surface area contributed by atoms with Crippen molar-refractivity contribution in [1.29, 1.82) is 0 Å². The van der Waals surface area contributed by atoms with E-state index in [1.807, 2.05) is 89.8 Å². The summed E-state index contributed by atoms with van der Waals surface area (Å²) in [5.41, 5.74) is 5.08.